The molecule has 29 heavy (non-hydrogen) atoms. The van der Waals surface area contributed by atoms with Gasteiger partial charge in [0.25, 0.3) is 11.5 Å². The number of nitrogens with zero attached hydrogens (tertiary/aromatic N) is 1. The van der Waals surface area contributed by atoms with E-state index in [1.54, 1.807) is 16.8 Å². The summed E-state index contributed by atoms with van der Waals surface area (Å²) in [6.45, 7) is 6.83. The molecule has 0 fully saturated rings. The van der Waals surface area contributed by atoms with Crippen LogP contribution in [0.25, 0.3) is 0 Å². The van der Waals surface area contributed by atoms with Crippen molar-refractivity contribution in [2.75, 3.05) is 11.9 Å². The topological polar surface area (TPSA) is 60.3 Å². The average molecular weight is 390 g/mol. The predicted molar refractivity (Wildman–Crippen MR) is 116 cm³/mol. The van der Waals surface area contributed by atoms with E-state index >= 15 is 0 Å². The Kier molecular flexibility index (Phi) is 6.17. The molecule has 0 aliphatic rings. The Labute approximate surface area is 171 Å². The molecule has 1 aromatic heterocycles. The first-order chi connectivity index (χ1) is 13.8. The molecule has 0 spiro atoms. The SMILES string of the molecule is CC(C)(C)c1cccc(OCC(=O)Nc2ccc(Cn3ccccc3=O)cc2)c1. The number of ether oxygens (including phenoxy) is 1. The Balaban J connectivity index is 1.55. The summed E-state index contributed by atoms with van der Waals surface area (Å²) in [7, 11) is 0. The van der Waals surface area contributed by atoms with Crippen LogP contribution in [0, 0.1) is 0 Å². The molecule has 5 nitrogen and oxygen atoms in total. The lowest BCUT2D eigenvalue weighted by molar-refractivity contribution is -0.118. The number of nitrogens with one attached hydrogen (secondary N) is 1. The lowest BCUT2D eigenvalue weighted by Crippen LogP contribution is -2.20. The molecule has 0 atom stereocenters. The molecule has 150 valence electrons. The first kappa shape index (κ1) is 20.4. The van der Waals surface area contributed by atoms with Crippen LogP contribution in [0.3, 0.4) is 0 Å². The maximum Gasteiger partial charge on any atom is 0.262 e. The minimum absolute atomic E-state index is 0.0221. The van der Waals surface area contributed by atoms with Crippen LogP contribution in [0.1, 0.15) is 31.9 Å². The summed E-state index contributed by atoms with van der Waals surface area (Å²) in [6, 6.07) is 20.3. The van der Waals surface area contributed by atoms with E-state index in [0.29, 0.717) is 18.0 Å². The van der Waals surface area contributed by atoms with Gasteiger partial charge in [-0.3, -0.25) is 9.59 Å². The van der Waals surface area contributed by atoms with Crippen LogP contribution >= 0.6 is 0 Å². The van der Waals surface area contributed by atoms with Crippen molar-refractivity contribution in [1.29, 1.82) is 0 Å². The molecule has 1 heterocycles. The lowest BCUT2D eigenvalue weighted by atomic mass is 9.87. The van der Waals surface area contributed by atoms with E-state index in [2.05, 4.69) is 32.2 Å². The quantitative estimate of drug-likeness (QED) is 0.686. The summed E-state index contributed by atoms with van der Waals surface area (Å²) >= 11 is 0. The number of hydrogen-bond acceptors (Lipinski definition) is 3. The van der Waals surface area contributed by atoms with Gasteiger partial charge in [-0.15, -0.1) is 0 Å². The zero-order valence-electron chi connectivity index (χ0n) is 17.0. The summed E-state index contributed by atoms with van der Waals surface area (Å²) in [6.07, 6.45) is 1.75. The molecule has 0 saturated heterocycles. The van der Waals surface area contributed by atoms with E-state index < -0.39 is 0 Å². The van der Waals surface area contributed by atoms with Gasteiger partial charge in [0.1, 0.15) is 5.75 Å². The zero-order valence-corrected chi connectivity index (χ0v) is 17.0. The van der Waals surface area contributed by atoms with Crippen LogP contribution in [0.2, 0.25) is 0 Å². The van der Waals surface area contributed by atoms with Gasteiger partial charge in [-0.05, 0) is 46.9 Å². The van der Waals surface area contributed by atoms with Crippen LogP contribution in [0.4, 0.5) is 5.69 Å². The molecule has 0 aliphatic heterocycles. The second-order valence-corrected chi connectivity index (χ2v) is 7.98. The monoisotopic (exact) mass is 390 g/mol. The minimum Gasteiger partial charge on any atom is -0.484 e. The molecule has 0 radical (unpaired) electrons. The van der Waals surface area contributed by atoms with Gasteiger partial charge in [-0.1, -0.05) is 51.1 Å². The summed E-state index contributed by atoms with van der Waals surface area (Å²) in [5, 5.41) is 2.83. The number of carbonyl (C=O) groups is 1. The fourth-order valence-electron chi connectivity index (χ4n) is 2.88. The molecule has 2 aromatic carbocycles. The van der Waals surface area contributed by atoms with Crippen LogP contribution in [-0.4, -0.2) is 17.1 Å². The summed E-state index contributed by atoms with van der Waals surface area (Å²) < 4.78 is 7.27. The minimum atomic E-state index is -0.224. The molecule has 0 unspecified atom stereocenters. The first-order valence-corrected chi connectivity index (χ1v) is 9.59. The highest BCUT2D eigenvalue weighted by atomic mass is 16.5. The zero-order chi connectivity index (χ0) is 20.9. The molecule has 0 saturated carbocycles. The van der Waals surface area contributed by atoms with Gasteiger partial charge >= 0.3 is 0 Å². The molecule has 3 rings (SSSR count). The van der Waals surface area contributed by atoms with Gasteiger partial charge in [0.2, 0.25) is 0 Å². The second kappa shape index (κ2) is 8.78. The average Bonchev–Trinajstić information content (AvgIpc) is 2.69. The van der Waals surface area contributed by atoms with Crippen molar-refractivity contribution in [2.24, 2.45) is 0 Å². The molecule has 1 N–H and O–H groups in total. The van der Waals surface area contributed by atoms with Crippen molar-refractivity contribution in [2.45, 2.75) is 32.7 Å². The second-order valence-electron chi connectivity index (χ2n) is 7.98. The number of pyridine rings is 1. The third kappa shape index (κ3) is 5.82. The highest BCUT2D eigenvalue weighted by Crippen LogP contribution is 2.25. The van der Waals surface area contributed by atoms with Crippen molar-refractivity contribution in [3.8, 4) is 5.75 Å². The number of aromatic nitrogens is 1. The Morgan fingerprint density at radius 2 is 1.76 bits per heavy atom. The Morgan fingerprint density at radius 1 is 1.00 bits per heavy atom. The molecule has 1 amide bonds. The van der Waals surface area contributed by atoms with E-state index in [1.807, 2.05) is 48.5 Å². The molecular formula is C24H26N2O3. The molecule has 5 heteroatoms. The predicted octanol–water partition coefficient (Wildman–Crippen LogP) is 4.21. The maximum atomic E-state index is 12.2. The van der Waals surface area contributed by atoms with Gasteiger partial charge < -0.3 is 14.6 Å². The van der Waals surface area contributed by atoms with Gasteiger partial charge in [-0.25, -0.2) is 0 Å². The lowest BCUT2D eigenvalue weighted by Gasteiger charge is -2.19. The fraction of sp³-hybridized carbons (Fsp3) is 0.250. The molecule has 0 aliphatic carbocycles. The van der Waals surface area contributed by atoms with Crippen molar-refractivity contribution in [3.05, 3.63) is 94.4 Å². The molecular weight excluding hydrogens is 364 g/mol. The van der Waals surface area contributed by atoms with Gasteiger partial charge in [0.15, 0.2) is 6.61 Å². The van der Waals surface area contributed by atoms with Crippen molar-refractivity contribution in [3.63, 3.8) is 0 Å². The number of benzene rings is 2. The molecule has 3 aromatic rings. The van der Waals surface area contributed by atoms with Gasteiger partial charge in [-0.2, -0.15) is 0 Å². The Bertz CT molecular complexity index is 1030. The Hall–Kier alpha value is -3.34. The van der Waals surface area contributed by atoms with Gasteiger partial charge in [0.05, 0.1) is 6.54 Å². The number of anilines is 1. The summed E-state index contributed by atoms with van der Waals surface area (Å²) in [5.41, 5.74) is 2.80. The maximum absolute atomic E-state index is 12.2. The number of carbonyl (C=O) groups excluding carboxylic acids is 1. The largest absolute Gasteiger partial charge is 0.484 e. The van der Waals surface area contributed by atoms with E-state index in [1.165, 1.54) is 6.07 Å². The normalized spacial score (nSPS) is 11.1. The highest BCUT2D eigenvalue weighted by molar-refractivity contribution is 5.91. The number of amides is 1. The fourth-order valence-corrected chi connectivity index (χ4v) is 2.88. The van der Waals surface area contributed by atoms with Crippen molar-refractivity contribution >= 4 is 11.6 Å². The summed E-state index contributed by atoms with van der Waals surface area (Å²) in [4.78, 5) is 24.0. The Morgan fingerprint density at radius 3 is 2.45 bits per heavy atom. The number of hydrogen-bond donors (Lipinski definition) is 1. The standard InChI is InChI=1S/C24H26N2O3/c1-24(2,3)19-7-6-8-21(15-19)29-17-22(27)25-20-12-10-18(11-13-20)16-26-14-5-4-9-23(26)28/h4-15H,16-17H2,1-3H3,(H,25,27). The van der Waals surface area contributed by atoms with E-state index in [0.717, 1.165) is 11.1 Å². The number of rotatable bonds is 6. The third-order valence-corrected chi connectivity index (χ3v) is 4.56. The van der Waals surface area contributed by atoms with E-state index in [-0.39, 0.29) is 23.5 Å². The van der Waals surface area contributed by atoms with E-state index in [4.69, 9.17) is 4.74 Å². The van der Waals surface area contributed by atoms with Crippen LogP contribution in [0.15, 0.2) is 77.7 Å². The van der Waals surface area contributed by atoms with Crippen LogP contribution in [-0.2, 0) is 16.8 Å². The third-order valence-electron chi connectivity index (χ3n) is 4.56. The smallest absolute Gasteiger partial charge is 0.262 e. The highest BCUT2D eigenvalue weighted by Gasteiger charge is 2.14. The van der Waals surface area contributed by atoms with E-state index in [9.17, 15) is 9.59 Å². The summed E-state index contributed by atoms with van der Waals surface area (Å²) in [5.74, 6) is 0.453. The van der Waals surface area contributed by atoms with Gasteiger partial charge in [0, 0.05) is 18.0 Å². The molecule has 0 bridgehead atoms. The van der Waals surface area contributed by atoms with Crippen LogP contribution < -0.4 is 15.6 Å². The van der Waals surface area contributed by atoms with Crippen LogP contribution in [0.5, 0.6) is 5.75 Å². The van der Waals surface area contributed by atoms with Crippen molar-refractivity contribution in [1.82, 2.24) is 4.57 Å². The van der Waals surface area contributed by atoms with Crippen molar-refractivity contribution < 1.29 is 9.53 Å². The first-order valence-electron chi connectivity index (χ1n) is 9.59.